The van der Waals surface area contributed by atoms with E-state index >= 15 is 0 Å². The molecule has 0 spiro atoms. The molecule has 0 saturated heterocycles. The minimum atomic E-state index is -0.972. The summed E-state index contributed by atoms with van der Waals surface area (Å²) in [5.41, 5.74) is 2.28. The minimum Gasteiger partial charge on any atom is -0.480 e. The molecule has 1 amide bonds. The molecule has 1 rings (SSSR count). The summed E-state index contributed by atoms with van der Waals surface area (Å²) in [6.45, 7) is 7.89. The van der Waals surface area contributed by atoms with Gasteiger partial charge in [0.05, 0.1) is 0 Å². The van der Waals surface area contributed by atoms with Crippen LogP contribution in [0.5, 0.6) is 0 Å². The number of benzene rings is 1. The van der Waals surface area contributed by atoms with Crippen molar-refractivity contribution in [1.29, 1.82) is 0 Å². The second kappa shape index (κ2) is 7.81. The van der Waals surface area contributed by atoms with Gasteiger partial charge in [0.25, 0.3) is 0 Å². The highest BCUT2D eigenvalue weighted by molar-refractivity contribution is 5.83. The van der Waals surface area contributed by atoms with Crippen LogP contribution in [0.15, 0.2) is 24.3 Å². The fourth-order valence-electron chi connectivity index (χ4n) is 2.47. The van der Waals surface area contributed by atoms with Crippen molar-refractivity contribution in [1.82, 2.24) is 5.32 Å². The van der Waals surface area contributed by atoms with E-state index in [-0.39, 0.29) is 17.7 Å². The third-order valence-electron chi connectivity index (χ3n) is 3.55. The standard InChI is InChI=1S/C17H25NO3/c1-11(2)9-15(17(20)21)18-16(19)10-13(4)14-8-6-5-7-12(14)3/h5-8,11,13,15H,9-10H2,1-4H3,(H,18,19)(H,20,21). The topological polar surface area (TPSA) is 66.4 Å². The van der Waals surface area contributed by atoms with Crippen molar-refractivity contribution in [2.45, 2.75) is 52.5 Å². The zero-order valence-corrected chi connectivity index (χ0v) is 13.2. The average molecular weight is 291 g/mol. The summed E-state index contributed by atoms with van der Waals surface area (Å²) in [5, 5.41) is 11.8. The van der Waals surface area contributed by atoms with Crippen LogP contribution in [0.2, 0.25) is 0 Å². The number of rotatable bonds is 7. The number of hydrogen-bond donors (Lipinski definition) is 2. The molecule has 116 valence electrons. The quantitative estimate of drug-likeness (QED) is 0.811. The van der Waals surface area contributed by atoms with Gasteiger partial charge in [-0.3, -0.25) is 4.79 Å². The lowest BCUT2D eigenvalue weighted by molar-refractivity contribution is -0.142. The van der Waals surface area contributed by atoms with E-state index < -0.39 is 12.0 Å². The number of carbonyl (C=O) groups excluding carboxylic acids is 1. The Morgan fingerprint density at radius 1 is 1.19 bits per heavy atom. The summed E-state index contributed by atoms with van der Waals surface area (Å²) in [7, 11) is 0. The number of carboxylic acid groups (broad SMARTS) is 1. The maximum atomic E-state index is 12.1. The predicted octanol–water partition coefficient (Wildman–Crippen LogP) is 3.10. The lowest BCUT2D eigenvalue weighted by Crippen LogP contribution is -2.41. The van der Waals surface area contributed by atoms with Crippen molar-refractivity contribution in [3.63, 3.8) is 0 Å². The van der Waals surface area contributed by atoms with Gasteiger partial charge in [-0.25, -0.2) is 4.79 Å². The van der Waals surface area contributed by atoms with E-state index in [1.807, 2.05) is 52.0 Å². The first-order chi connectivity index (χ1) is 9.81. The fraction of sp³-hybridized carbons (Fsp3) is 0.529. The predicted molar refractivity (Wildman–Crippen MR) is 83.2 cm³/mol. The number of hydrogen-bond acceptors (Lipinski definition) is 2. The van der Waals surface area contributed by atoms with Gasteiger partial charge in [0.2, 0.25) is 5.91 Å². The van der Waals surface area contributed by atoms with Crippen LogP contribution in [0, 0.1) is 12.8 Å². The van der Waals surface area contributed by atoms with Crippen LogP contribution in [0.3, 0.4) is 0 Å². The lowest BCUT2D eigenvalue weighted by Gasteiger charge is -2.19. The van der Waals surface area contributed by atoms with Crippen LogP contribution in [0.25, 0.3) is 0 Å². The van der Waals surface area contributed by atoms with Crippen molar-refractivity contribution in [3.05, 3.63) is 35.4 Å². The van der Waals surface area contributed by atoms with Crippen LogP contribution >= 0.6 is 0 Å². The molecule has 0 saturated carbocycles. The van der Waals surface area contributed by atoms with Gasteiger partial charge in [-0.2, -0.15) is 0 Å². The number of aryl methyl sites for hydroxylation is 1. The Morgan fingerprint density at radius 2 is 1.81 bits per heavy atom. The van der Waals surface area contributed by atoms with Gasteiger partial charge >= 0.3 is 5.97 Å². The molecule has 2 N–H and O–H groups in total. The van der Waals surface area contributed by atoms with E-state index in [0.29, 0.717) is 12.8 Å². The summed E-state index contributed by atoms with van der Waals surface area (Å²) < 4.78 is 0. The molecule has 0 aromatic heterocycles. The Kier molecular flexibility index (Phi) is 6.40. The molecule has 0 aliphatic rings. The molecule has 4 heteroatoms. The minimum absolute atomic E-state index is 0.0692. The first-order valence-electron chi connectivity index (χ1n) is 7.39. The van der Waals surface area contributed by atoms with Gasteiger partial charge in [0, 0.05) is 6.42 Å². The summed E-state index contributed by atoms with van der Waals surface area (Å²) in [4.78, 5) is 23.2. The first kappa shape index (κ1) is 17.2. The molecule has 0 heterocycles. The van der Waals surface area contributed by atoms with Gasteiger partial charge < -0.3 is 10.4 Å². The maximum Gasteiger partial charge on any atom is 0.326 e. The lowest BCUT2D eigenvalue weighted by atomic mass is 9.93. The van der Waals surface area contributed by atoms with Gasteiger partial charge in [0.15, 0.2) is 0 Å². The summed E-state index contributed by atoms with van der Waals surface area (Å²) in [6.07, 6.45) is 0.743. The molecular weight excluding hydrogens is 266 g/mol. The van der Waals surface area contributed by atoms with Crippen molar-refractivity contribution in [2.24, 2.45) is 5.92 Å². The van der Waals surface area contributed by atoms with Crippen LogP contribution in [-0.4, -0.2) is 23.0 Å². The second-order valence-corrected chi connectivity index (χ2v) is 6.05. The highest BCUT2D eigenvalue weighted by Gasteiger charge is 2.22. The highest BCUT2D eigenvalue weighted by Crippen LogP contribution is 2.22. The van der Waals surface area contributed by atoms with Gasteiger partial charge in [-0.1, -0.05) is 45.0 Å². The molecule has 4 nitrogen and oxygen atoms in total. The van der Waals surface area contributed by atoms with E-state index in [1.165, 1.54) is 0 Å². The molecule has 0 aliphatic heterocycles. The van der Waals surface area contributed by atoms with Gasteiger partial charge in [-0.05, 0) is 36.3 Å². The molecule has 21 heavy (non-hydrogen) atoms. The van der Waals surface area contributed by atoms with Crippen LogP contribution in [0.1, 0.15) is 50.7 Å². The van der Waals surface area contributed by atoms with Crippen molar-refractivity contribution < 1.29 is 14.7 Å². The average Bonchev–Trinajstić information content (AvgIpc) is 2.37. The molecule has 2 atom stereocenters. The van der Waals surface area contributed by atoms with E-state index in [1.54, 1.807) is 0 Å². The summed E-state index contributed by atoms with van der Waals surface area (Å²) in [5.74, 6) is -0.890. The number of carboxylic acids is 1. The van der Waals surface area contributed by atoms with E-state index in [0.717, 1.165) is 11.1 Å². The van der Waals surface area contributed by atoms with Crippen LogP contribution < -0.4 is 5.32 Å². The zero-order chi connectivity index (χ0) is 16.0. The zero-order valence-electron chi connectivity index (χ0n) is 13.2. The van der Waals surface area contributed by atoms with Crippen molar-refractivity contribution in [2.75, 3.05) is 0 Å². The van der Waals surface area contributed by atoms with E-state index in [2.05, 4.69) is 5.32 Å². The van der Waals surface area contributed by atoms with Crippen LogP contribution in [0.4, 0.5) is 0 Å². The molecular formula is C17H25NO3. The van der Waals surface area contributed by atoms with Crippen molar-refractivity contribution >= 4 is 11.9 Å². The second-order valence-electron chi connectivity index (χ2n) is 6.05. The van der Waals surface area contributed by atoms with Crippen LogP contribution in [-0.2, 0) is 9.59 Å². The maximum absolute atomic E-state index is 12.1. The Morgan fingerprint density at radius 3 is 2.33 bits per heavy atom. The first-order valence-corrected chi connectivity index (χ1v) is 7.39. The SMILES string of the molecule is Cc1ccccc1C(C)CC(=O)NC(CC(C)C)C(=O)O. The number of aliphatic carboxylic acids is 1. The third-order valence-corrected chi connectivity index (χ3v) is 3.55. The van der Waals surface area contributed by atoms with Gasteiger partial charge in [0.1, 0.15) is 6.04 Å². The smallest absolute Gasteiger partial charge is 0.326 e. The van der Waals surface area contributed by atoms with E-state index in [4.69, 9.17) is 5.11 Å². The van der Waals surface area contributed by atoms with E-state index in [9.17, 15) is 9.59 Å². The summed E-state index contributed by atoms with van der Waals surface area (Å²) >= 11 is 0. The molecule has 1 aromatic rings. The summed E-state index contributed by atoms with van der Waals surface area (Å²) in [6, 6.07) is 7.14. The molecule has 2 unspecified atom stereocenters. The largest absolute Gasteiger partial charge is 0.480 e. The normalized spacial score (nSPS) is 13.8. The Labute approximate surface area is 126 Å². The third kappa shape index (κ3) is 5.58. The van der Waals surface area contributed by atoms with Gasteiger partial charge in [-0.15, -0.1) is 0 Å². The number of nitrogens with one attached hydrogen (secondary N) is 1. The molecule has 1 aromatic carbocycles. The monoisotopic (exact) mass is 291 g/mol. The number of carbonyl (C=O) groups is 2. The number of amides is 1. The molecule has 0 radical (unpaired) electrons. The molecule has 0 bridgehead atoms. The Hall–Kier alpha value is -1.84. The Balaban J connectivity index is 2.64. The fourth-order valence-corrected chi connectivity index (χ4v) is 2.47. The highest BCUT2D eigenvalue weighted by atomic mass is 16.4. The Bertz CT molecular complexity index is 497. The van der Waals surface area contributed by atoms with Crippen molar-refractivity contribution in [3.8, 4) is 0 Å². The molecule has 0 fully saturated rings. The molecule has 0 aliphatic carbocycles.